The number of carbonyl (C=O) groups is 1. The first-order chi connectivity index (χ1) is 16.1. The van der Waals surface area contributed by atoms with Crippen LogP contribution in [0, 0.1) is 0 Å². The Hall–Kier alpha value is -4.13. The maximum Gasteiger partial charge on any atom is 0.268 e. The van der Waals surface area contributed by atoms with Crippen LogP contribution in [-0.4, -0.2) is 39.3 Å². The van der Waals surface area contributed by atoms with Crippen molar-refractivity contribution in [3.63, 3.8) is 0 Å². The molecular weight excluding hydrogens is 420 g/mol. The van der Waals surface area contributed by atoms with Crippen molar-refractivity contribution in [3.8, 4) is 23.0 Å². The number of rotatable bonds is 8. The van der Waals surface area contributed by atoms with Crippen LogP contribution in [0.15, 0.2) is 66.7 Å². The van der Waals surface area contributed by atoms with E-state index in [-0.39, 0.29) is 11.9 Å². The zero-order valence-electron chi connectivity index (χ0n) is 19.0. The van der Waals surface area contributed by atoms with E-state index in [1.165, 1.54) is 0 Å². The lowest BCUT2D eigenvalue weighted by Gasteiger charge is -2.20. The SMILES string of the molecule is COc1ccc(C(NC(=O)c2cc3c(OC)cc(OC)c(OC)c3[nH]2)c2ccccc2)cc1. The maximum absolute atomic E-state index is 13.4. The van der Waals surface area contributed by atoms with Gasteiger partial charge in [-0.1, -0.05) is 42.5 Å². The van der Waals surface area contributed by atoms with Crippen LogP contribution in [0.1, 0.15) is 27.7 Å². The Kier molecular flexibility index (Phi) is 6.40. The van der Waals surface area contributed by atoms with Crippen LogP contribution in [0.5, 0.6) is 23.0 Å². The normalized spacial score (nSPS) is 11.6. The lowest BCUT2D eigenvalue weighted by atomic mass is 9.98. The first kappa shape index (κ1) is 22.1. The predicted octanol–water partition coefficient (Wildman–Crippen LogP) is 4.72. The Balaban J connectivity index is 1.73. The lowest BCUT2D eigenvalue weighted by Crippen LogP contribution is -2.29. The van der Waals surface area contributed by atoms with Crippen molar-refractivity contribution in [2.75, 3.05) is 28.4 Å². The van der Waals surface area contributed by atoms with Crippen LogP contribution in [0.2, 0.25) is 0 Å². The number of hydrogen-bond acceptors (Lipinski definition) is 5. The van der Waals surface area contributed by atoms with E-state index in [0.29, 0.717) is 28.5 Å². The van der Waals surface area contributed by atoms with Gasteiger partial charge in [0.1, 0.15) is 17.2 Å². The molecule has 2 N–H and O–H groups in total. The number of ether oxygens (including phenoxy) is 4. The van der Waals surface area contributed by atoms with Gasteiger partial charge in [-0.05, 0) is 29.3 Å². The summed E-state index contributed by atoms with van der Waals surface area (Å²) >= 11 is 0. The molecule has 0 bridgehead atoms. The average molecular weight is 447 g/mol. The minimum Gasteiger partial charge on any atom is -0.497 e. The Morgan fingerprint density at radius 1 is 0.788 bits per heavy atom. The molecule has 4 aromatic rings. The number of methoxy groups -OCH3 is 4. The van der Waals surface area contributed by atoms with Gasteiger partial charge in [0.15, 0.2) is 11.5 Å². The minimum atomic E-state index is -0.352. The summed E-state index contributed by atoms with van der Waals surface area (Å²) in [4.78, 5) is 16.5. The minimum absolute atomic E-state index is 0.265. The molecule has 7 nitrogen and oxygen atoms in total. The summed E-state index contributed by atoms with van der Waals surface area (Å²) in [5.74, 6) is 2.07. The standard InChI is InChI=1S/C26H26N2O5/c1-30-18-12-10-17(11-13-18)23(16-8-6-5-7-9-16)28-26(29)20-14-19-21(31-2)15-22(32-3)25(33-4)24(19)27-20/h5-15,23,27H,1-4H3,(H,28,29). The van der Waals surface area contributed by atoms with Gasteiger partial charge in [0.05, 0.1) is 40.0 Å². The summed E-state index contributed by atoms with van der Waals surface area (Å²) in [5.41, 5.74) is 2.90. The maximum atomic E-state index is 13.4. The number of H-pyrrole nitrogens is 1. The highest BCUT2D eigenvalue weighted by molar-refractivity contribution is 6.02. The second kappa shape index (κ2) is 9.56. The number of benzene rings is 3. The second-order valence-corrected chi connectivity index (χ2v) is 7.38. The molecule has 0 aliphatic carbocycles. The zero-order valence-corrected chi connectivity index (χ0v) is 19.0. The monoisotopic (exact) mass is 446 g/mol. The van der Waals surface area contributed by atoms with Crippen LogP contribution < -0.4 is 24.3 Å². The van der Waals surface area contributed by atoms with Crippen molar-refractivity contribution < 1.29 is 23.7 Å². The van der Waals surface area contributed by atoms with Crippen molar-refractivity contribution in [1.82, 2.24) is 10.3 Å². The predicted molar refractivity (Wildman–Crippen MR) is 127 cm³/mol. The van der Waals surface area contributed by atoms with E-state index in [1.807, 2.05) is 54.6 Å². The molecule has 1 amide bonds. The number of fused-ring (bicyclic) bond motifs is 1. The first-order valence-electron chi connectivity index (χ1n) is 10.4. The molecule has 0 aliphatic rings. The Morgan fingerprint density at radius 3 is 2.06 bits per heavy atom. The van der Waals surface area contributed by atoms with Crippen molar-refractivity contribution in [1.29, 1.82) is 0 Å². The molecule has 0 spiro atoms. The molecule has 1 heterocycles. The fourth-order valence-electron chi connectivity index (χ4n) is 3.87. The van der Waals surface area contributed by atoms with E-state index < -0.39 is 0 Å². The molecule has 0 saturated carbocycles. The molecule has 3 aromatic carbocycles. The van der Waals surface area contributed by atoms with Crippen molar-refractivity contribution in [2.24, 2.45) is 0 Å². The van der Waals surface area contributed by atoms with E-state index in [4.69, 9.17) is 18.9 Å². The third kappa shape index (κ3) is 4.30. The first-order valence-corrected chi connectivity index (χ1v) is 10.4. The number of carbonyl (C=O) groups excluding carboxylic acids is 1. The van der Waals surface area contributed by atoms with Crippen LogP contribution >= 0.6 is 0 Å². The number of nitrogens with one attached hydrogen (secondary N) is 2. The van der Waals surface area contributed by atoms with Gasteiger partial charge in [0.2, 0.25) is 0 Å². The highest BCUT2D eigenvalue weighted by Crippen LogP contribution is 2.41. The molecule has 1 atom stereocenters. The lowest BCUT2D eigenvalue weighted by molar-refractivity contribution is 0.0939. The highest BCUT2D eigenvalue weighted by atomic mass is 16.5. The van der Waals surface area contributed by atoms with Gasteiger partial charge >= 0.3 is 0 Å². The van der Waals surface area contributed by atoms with E-state index in [9.17, 15) is 4.79 Å². The molecule has 1 unspecified atom stereocenters. The van der Waals surface area contributed by atoms with Crippen LogP contribution in [0.3, 0.4) is 0 Å². The van der Waals surface area contributed by atoms with Gasteiger partial charge in [-0.25, -0.2) is 0 Å². The zero-order chi connectivity index (χ0) is 23.4. The third-order valence-electron chi connectivity index (χ3n) is 5.54. The van der Waals surface area contributed by atoms with E-state index in [2.05, 4.69) is 10.3 Å². The van der Waals surface area contributed by atoms with Gasteiger partial charge in [0.25, 0.3) is 5.91 Å². The molecule has 0 aliphatic heterocycles. The van der Waals surface area contributed by atoms with Gasteiger partial charge in [0, 0.05) is 11.5 Å². The summed E-state index contributed by atoms with van der Waals surface area (Å²) in [6.07, 6.45) is 0. The average Bonchev–Trinajstić information content (AvgIpc) is 3.32. The van der Waals surface area contributed by atoms with Crippen molar-refractivity contribution in [2.45, 2.75) is 6.04 Å². The third-order valence-corrected chi connectivity index (χ3v) is 5.54. The number of hydrogen-bond donors (Lipinski definition) is 2. The second-order valence-electron chi connectivity index (χ2n) is 7.38. The quantitative estimate of drug-likeness (QED) is 0.409. The molecule has 7 heteroatoms. The topological polar surface area (TPSA) is 81.8 Å². The Labute approximate surface area is 192 Å². The van der Waals surface area contributed by atoms with Gasteiger partial charge < -0.3 is 29.2 Å². The van der Waals surface area contributed by atoms with E-state index >= 15 is 0 Å². The largest absolute Gasteiger partial charge is 0.497 e. The summed E-state index contributed by atoms with van der Waals surface area (Å²) in [5, 5.41) is 3.87. The summed E-state index contributed by atoms with van der Waals surface area (Å²) in [6.45, 7) is 0. The van der Waals surface area contributed by atoms with Crippen molar-refractivity contribution >= 4 is 16.8 Å². The van der Waals surface area contributed by atoms with Gasteiger partial charge in [-0.15, -0.1) is 0 Å². The van der Waals surface area contributed by atoms with Crippen molar-refractivity contribution in [3.05, 3.63) is 83.6 Å². The van der Waals surface area contributed by atoms with Crippen LogP contribution in [-0.2, 0) is 0 Å². The number of aromatic amines is 1. The molecule has 33 heavy (non-hydrogen) atoms. The number of amides is 1. The van der Waals surface area contributed by atoms with Gasteiger partial charge in [-0.2, -0.15) is 0 Å². The summed E-state index contributed by atoms with van der Waals surface area (Å²) in [6, 6.07) is 20.6. The fraction of sp³-hybridized carbons (Fsp3) is 0.192. The molecule has 4 rings (SSSR count). The molecular formula is C26H26N2O5. The Bertz CT molecular complexity index is 1250. The fourth-order valence-corrected chi connectivity index (χ4v) is 3.87. The molecule has 1 aromatic heterocycles. The van der Waals surface area contributed by atoms with Crippen LogP contribution in [0.25, 0.3) is 10.9 Å². The Morgan fingerprint density at radius 2 is 1.45 bits per heavy atom. The van der Waals surface area contributed by atoms with E-state index in [0.717, 1.165) is 22.3 Å². The smallest absolute Gasteiger partial charge is 0.268 e. The van der Waals surface area contributed by atoms with Gasteiger partial charge in [-0.3, -0.25) is 4.79 Å². The van der Waals surface area contributed by atoms with Crippen LogP contribution in [0.4, 0.5) is 0 Å². The molecule has 0 radical (unpaired) electrons. The molecule has 170 valence electrons. The summed E-state index contributed by atoms with van der Waals surface area (Å²) < 4.78 is 21.7. The highest BCUT2D eigenvalue weighted by Gasteiger charge is 2.22. The summed E-state index contributed by atoms with van der Waals surface area (Å²) in [7, 11) is 6.31. The number of aromatic nitrogens is 1. The molecule has 0 fully saturated rings. The molecule has 0 saturated heterocycles. The van der Waals surface area contributed by atoms with E-state index in [1.54, 1.807) is 40.6 Å².